The third-order valence-electron chi connectivity index (χ3n) is 7.30. The van der Waals surface area contributed by atoms with Crippen molar-refractivity contribution in [2.75, 3.05) is 11.5 Å². The van der Waals surface area contributed by atoms with Gasteiger partial charge in [-0.1, -0.05) is 86.0 Å². The molecule has 0 unspecified atom stereocenters. The van der Waals surface area contributed by atoms with E-state index >= 15 is 0 Å². The zero-order valence-electron chi connectivity index (χ0n) is 24.5. The van der Waals surface area contributed by atoms with E-state index in [0.29, 0.717) is 30.2 Å². The standard InChI is InChI=1S/C35H33N3O3SSi/c1-43(2,3)21-20-41-24-37-33-23-28(17-18-31(33)32(36-37)19-16-25-10-5-4-6-11-25)42-27-13-9-12-26(22-27)38-34(39)29-14-7-8-15-30(29)35(38)40/h4-19,22-23H,20-21,24H2,1-3H3. The normalized spacial score (nSPS) is 13.4. The summed E-state index contributed by atoms with van der Waals surface area (Å²) in [7, 11) is -1.20. The van der Waals surface area contributed by atoms with E-state index in [9.17, 15) is 9.59 Å². The minimum absolute atomic E-state index is 0.293. The van der Waals surface area contributed by atoms with Crippen LogP contribution < -0.4 is 4.90 Å². The Morgan fingerprint density at radius 1 is 0.791 bits per heavy atom. The molecular formula is C35H33N3O3SSi. The van der Waals surface area contributed by atoms with Gasteiger partial charge in [0.1, 0.15) is 6.73 Å². The Kier molecular flexibility index (Phi) is 8.16. The van der Waals surface area contributed by atoms with Gasteiger partial charge in [0.05, 0.1) is 28.0 Å². The molecule has 0 saturated carbocycles. The Morgan fingerprint density at radius 3 is 2.21 bits per heavy atom. The quantitative estimate of drug-likeness (QED) is 0.0910. The number of imide groups is 1. The van der Waals surface area contributed by atoms with Crippen LogP contribution in [0.3, 0.4) is 0 Å². The molecule has 216 valence electrons. The van der Waals surface area contributed by atoms with Crippen LogP contribution in [0.1, 0.15) is 32.0 Å². The lowest BCUT2D eigenvalue weighted by Crippen LogP contribution is -2.29. The summed E-state index contributed by atoms with van der Waals surface area (Å²) < 4.78 is 8.03. The van der Waals surface area contributed by atoms with Crippen LogP contribution in [0.25, 0.3) is 23.1 Å². The number of rotatable bonds is 10. The highest BCUT2D eigenvalue weighted by Gasteiger charge is 2.36. The Balaban J connectivity index is 1.27. The minimum atomic E-state index is -1.20. The molecule has 1 aliphatic rings. The molecule has 0 aliphatic carbocycles. The molecule has 0 saturated heterocycles. The summed E-state index contributed by atoms with van der Waals surface area (Å²) >= 11 is 1.58. The monoisotopic (exact) mass is 603 g/mol. The molecule has 0 spiro atoms. The lowest BCUT2D eigenvalue weighted by molar-refractivity contribution is 0.0816. The van der Waals surface area contributed by atoms with Gasteiger partial charge in [0.25, 0.3) is 11.8 Å². The maximum absolute atomic E-state index is 13.0. The highest BCUT2D eigenvalue weighted by Crippen LogP contribution is 2.35. The summed E-state index contributed by atoms with van der Waals surface area (Å²) in [4.78, 5) is 29.3. The summed E-state index contributed by atoms with van der Waals surface area (Å²) in [6, 6.07) is 32.1. The molecule has 0 atom stereocenters. The lowest BCUT2D eigenvalue weighted by Gasteiger charge is -2.15. The number of ether oxygens (including phenoxy) is 1. The first-order chi connectivity index (χ1) is 20.8. The topological polar surface area (TPSA) is 64.4 Å². The number of nitrogens with zero attached hydrogens (tertiary/aromatic N) is 3. The van der Waals surface area contributed by atoms with Gasteiger partial charge < -0.3 is 4.74 Å². The average molecular weight is 604 g/mol. The van der Waals surface area contributed by atoms with Crippen LogP contribution in [0.4, 0.5) is 5.69 Å². The average Bonchev–Trinajstić information content (AvgIpc) is 3.47. The largest absolute Gasteiger partial charge is 0.360 e. The minimum Gasteiger partial charge on any atom is -0.360 e. The van der Waals surface area contributed by atoms with Crippen LogP contribution in [0.15, 0.2) is 107 Å². The molecule has 2 amide bonds. The van der Waals surface area contributed by atoms with E-state index in [2.05, 4.69) is 62.1 Å². The Labute approximate surface area is 257 Å². The SMILES string of the molecule is C[Si](C)(C)CCOCn1nc(C=Cc2ccccc2)c2ccc(Sc3cccc(N4C(=O)c5ccccc5C4=O)c3)cc21. The molecule has 1 aromatic heterocycles. The Hall–Kier alpha value is -4.24. The van der Waals surface area contributed by atoms with E-state index in [1.165, 1.54) is 4.90 Å². The van der Waals surface area contributed by atoms with Crippen molar-refractivity contribution in [1.82, 2.24) is 9.78 Å². The van der Waals surface area contributed by atoms with Gasteiger partial charge >= 0.3 is 0 Å². The predicted molar refractivity (Wildman–Crippen MR) is 177 cm³/mol. The van der Waals surface area contributed by atoms with Gasteiger partial charge in [-0.3, -0.25) is 9.59 Å². The van der Waals surface area contributed by atoms with Crippen LogP contribution in [-0.2, 0) is 11.5 Å². The van der Waals surface area contributed by atoms with Gasteiger partial charge in [-0.15, -0.1) is 0 Å². The van der Waals surface area contributed by atoms with Crippen molar-refractivity contribution in [3.63, 3.8) is 0 Å². The van der Waals surface area contributed by atoms with Crippen molar-refractivity contribution in [3.05, 3.63) is 119 Å². The molecule has 2 heterocycles. The fraction of sp³-hybridized carbons (Fsp3) is 0.171. The maximum atomic E-state index is 13.0. The van der Waals surface area contributed by atoms with E-state index in [1.807, 2.05) is 41.1 Å². The molecule has 0 fully saturated rings. The van der Waals surface area contributed by atoms with Crippen molar-refractivity contribution in [2.24, 2.45) is 0 Å². The molecule has 0 radical (unpaired) electrons. The lowest BCUT2D eigenvalue weighted by atomic mass is 10.1. The summed E-state index contributed by atoms with van der Waals surface area (Å²) in [6.07, 6.45) is 4.13. The summed E-state index contributed by atoms with van der Waals surface area (Å²) in [5.41, 5.74) is 4.43. The first-order valence-corrected chi connectivity index (χ1v) is 18.9. The summed E-state index contributed by atoms with van der Waals surface area (Å²) in [5.74, 6) is -0.587. The molecule has 43 heavy (non-hydrogen) atoms. The first kappa shape index (κ1) is 28.9. The first-order valence-electron chi connectivity index (χ1n) is 14.3. The van der Waals surface area contributed by atoms with Crippen LogP contribution in [0.2, 0.25) is 25.7 Å². The molecule has 1 aliphatic heterocycles. The fourth-order valence-corrected chi connectivity index (χ4v) is 6.64. The number of carbonyl (C=O) groups is 2. The van der Waals surface area contributed by atoms with Gasteiger partial charge in [0, 0.05) is 29.9 Å². The summed E-state index contributed by atoms with van der Waals surface area (Å²) in [5, 5.41) is 5.96. The third-order valence-corrected chi connectivity index (χ3v) is 9.98. The number of hydrogen-bond acceptors (Lipinski definition) is 5. The van der Waals surface area contributed by atoms with Crippen molar-refractivity contribution in [1.29, 1.82) is 0 Å². The number of carbonyl (C=O) groups excluding carboxylic acids is 2. The molecular weight excluding hydrogens is 571 g/mol. The molecule has 8 heteroatoms. The van der Waals surface area contributed by atoms with E-state index < -0.39 is 8.07 Å². The van der Waals surface area contributed by atoms with Crippen molar-refractivity contribution in [3.8, 4) is 0 Å². The second kappa shape index (κ2) is 12.2. The van der Waals surface area contributed by atoms with E-state index in [0.717, 1.165) is 38.0 Å². The van der Waals surface area contributed by atoms with Crippen LogP contribution in [0, 0.1) is 0 Å². The Morgan fingerprint density at radius 2 is 1.49 bits per heavy atom. The predicted octanol–water partition coefficient (Wildman–Crippen LogP) is 8.47. The highest BCUT2D eigenvalue weighted by atomic mass is 32.2. The molecule has 4 aromatic carbocycles. The highest BCUT2D eigenvalue weighted by molar-refractivity contribution is 7.99. The van der Waals surface area contributed by atoms with Gasteiger partial charge in [0.2, 0.25) is 0 Å². The van der Waals surface area contributed by atoms with E-state index in [1.54, 1.807) is 42.1 Å². The smallest absolute Gasteiger partial charge is 0.266 e. The summed E-state index contributed by atoms with van der Waals surface area (Å²) in [6.45, 7) is 8.13. The molecule has 0 N–H and O–H groups in total. The van der Waals surface area contributed by atoms with Gasteiger partial charge in [-0.25, -0.2) is 9.58 Å². The van der Waals surface area contributed by atoms with Crippen molar-refractivity contribution >= 4 is 60.4 Å². The number of fused-ring (bicyclic) bond motifs is 2. The molecule has 5 aromatic rings. The number of benzene rings is 4. The zero-order valence-corrected chi connectivity index (χ0v) is 26.3. The Bertz CT molecular complexity index is 1810. The van der Waals surface area contributed by atoms with Gasteiger partial charge in [-0.05, 0) is 66.2 Å². The van der Waals surface area contributed by atoms with E-state index in [4.69, 9.17) is 9.84 Å². The van der Waals surface area contributed by atoms with Gasteiger partial charge in [0.15, 0.2) is 0 Å². The fourth-order valence-electron chi connectivity index (χ4n) is 4.98. The zero-order chi connectivity index (χ0) is 30.0. The van der Waals surface area contributed by atoms with Crippen LogP contribution in [-0.4, -0.2) is 36.3 Å². The number of amides is 2. The van der Waals surface area contributed by atoms with Crippen LogP contribution >= 0.6 is 11.8 Å². The number of anilines is 1. The van der Waals surface area contributed by atoms with Crippen molar-refractivity contribution < 1.29 is 14.3 Å². The van der Waals surface area contributed by atoms with Crippen LogP contribution in [0.5, 0.6) is 0 Å². The number of hydrogen-bond donors (Lipinski definition) is 0. The maximum Gasteiger partial charge on any atom is 0.266 e. The molecule has 6 nitrogen and oxygen atoms in total. The molecule has 0 bridgehead atoms. The van der Waals surface area contributed by atoms with E-state index in [-0.39, 0.29) is 11.8 Å². The second-order valence-electron chi connectivity index (χ2n) is 11.7. The van der Waals surface area contributed by atoms with Crippen molar-refractivity contribution in [2.45, 2.75) is 42.2 Å². The molecule has 6 rings (SSSR count). The number of aromatic nitrogens is 2. The third kappa shape index (κ3) is 6.41. The second-order valence-corrected chi connectivity index (χ2v) is 18.5. The van der Waals surface area contributed by atoms with Gasteiger partial charge in [-0.2, -0.15) is 5.10 Å².